The van der Waals surface area contributed by atoms with Crippen molar-refractivity contribution in [3.8, 4) is 5.75 Å². The number of rotatable bonds is 9. The molecule has 2 aromatic rings. The highest BCUT2D eigenvalue weighted by molar-refractivity contribution is 6.30. The zero-order chi connectivity index (χ0) is 21.3. The topological polar surface area (TPSA) is 58.6 Å². The molecule has 0 spiro atoms. The zero-order valence-electron chi connectivity index (χ0n) is 17.4. The lowest BCUT2D eigenvalue weighted by Gasteiger charge is -2.31. The van der Waals surface area contributed by atoms with Crippen molar-refractivity contribution in [1.29, 1.82) is 0 Å². The molecule has 1 fully saturated rings. The number of halogens is 1. The minimum atomic E-state index is -0.535. The first-order chi connectivity index (χ1) is 14.6. The number of benzene rings is 2. The highest BCUT2D eigenvalue weighted by Crippen LogP contribution is 2.20. The van der Waals surface area contributed by atoms with Gasteiger partial charge in [-0.1, -0.05) is 61.7 Å². The molecule has 160 valence electrons. The van der Waals surface area contributed by atoms with Crippen molar-refractivity contribution in [2.45, 2.75) is 57.7 Å². The number of carbonyl (C=O) groups excluding carboxylic acids is 2. The quantitative estimate of drug-likeness (QED) is 0.635. The Kier molecular flexibility index (Phi) is 8.14. The summed E-state index contributed by atoms with van der Waals surface area (Å²) >= 11 is 5.90. The Balaban J connectivity index is 1.72. The molecule has 5 nitrogen and oxygen atoms in total. The Hall–Kier alpha value is -2.53. The molecule has 1 aliphatic carbocycles. The number of ether oxygens (including phenoxy) is 1. The van der Waals surface area contributed by atoms with Gasteiger partial charge in [0, 0.05) is 17.6 Å². The molecule has 30 heavy (non-hydrogen) atoms. The van der Waals surface area contributed by atoms with Gasteiger partial charge in [0.25, 0.3) is 5.91 Å². The van der Waals surface area contributed by atoms with Crippen molar-refractivity contribution in [3.05, 3.63) is 65.2 Å². The van der Waals surface area contributed by atoms with Gasteiger partial charge in [-0.2, -0.15) is 0 Å². The second-order valence-corrected chi connectivity index (χ2v) is 8.10. The number of nitrogens with one attached hydrogen (secondary N) is 1. The molecule has 0 saturated heterocycles. The lowest BCUT2D eigenvalue weighted by molar-refractivity contribution is -0.143. The normalized spacial score (nSPS) is 14.9. The molecule has 2 amide bonds. The molecule has 2 aromatic carbocycles. The lowest BCUT2D eigenvalue weighted by atomic mass is 10.1. The summed E-state index contributed by atoms with van der Waals surface area (Å²) in [5.74, 6) is 0.262. The van der Waals surface area contributed by atoms with Crippen molar-refractivity contribution < 1.29 is 14.3 Å². The predicted molar refractivity (Wildman–Crippen MR) is 118 cm³/mol. The molecule has 6 heteroatoms. The molecule has 1 unspecified atom stereocenters. The molecule has 0 aliphatic heterocycles. The molecular weight excluding hydrogens is 400 g/mol. The van der Waals surface area contributed by atoms with E-state index in [0.29, 0.717) is 23.7 Å². The first-order valence-electron chi connectivity index (χ1n) is 10.6. The average molecular weight is 429 g/mol. The maximum absolute atomic E-state index is 13.1. The number of carbonyl (C=O) groups is 2. The van der Waals surface area contributed by atoms with Gasteiger partial charge in [0.05, 0.1) is 0 Å². The van der Waals surface area contributed by atoms with Crippen LogP contribution in [0.4, 0.5) is 0 Å². The fourth-order valence-electron chi connectivity index (χ4n) is 3.83. The molecule has 1 saturated carbocycles. The van der Waals surface area contributed by atoms with E-state index in [1.807, 2.05) is 37.3 Å². The van der Waals surface area contributed by atoms with Crippen LogP contribution in [0, 0.1) is 0 Å². The standard InChI is InChI=1S/C24H29ClN2O3/c1-2-22(24(29)26-20-10-6-7-11-20)27(16-18-8-4-3-5-9-18)23(28)17-30-21-14-12-19(25)13-15-21/h3-5,8-9,12-15,20,22H,2,6-7,10-11,16-17H2,1H3,(H,26,29). The highest BCUT2D eigenvalue weighted by atomic mass is 35.5. The van der Waals surface area contributed by atoms with Crippen LogP contribution < -0.4 is 10.1 Å². The van der Waals surface area contributed by atoms with Crippen LogP contribution in [-0.4, -0.2) is 35.4 Å². The smallest absolute Gasteiger partial charge is 0.261 e. The fourth-order valence-corrected chi connectivity index (χ4v) is 3.95. The Morgan fingerprint density at radius 1 is 1.10 bits per heavy atom. The molecule has 0 heterocycles. The molecule has 3 rings (SSSR count). The number of hydrogen-bond donors (Lipinski definition) is 1. The van der Waals surface area contributed by atoms with E-state index in [0.717, 1.165) is 31.2 Å². The molecule has 1 atom stereocenters. The average Bonchev–Trinajstić information content (AvgIpc) is 3.26. The van der Waals surface area contributed by atoms with Crippen LogP contribution in [0.25, 0.3) is 0 Å². The van der Waals surface area contributed by atoms with Gasteiger partial charge in [0.15, 0.2) is 6.61 Å². The fraction of sp³-hybridized carbons (Fsp3) is 0.417. The predicted octanol–water partition coefficient (Wildman–Crippen LogP) is 4.59. The molecule has 0 radical (unpaired) electrons. The Morgan fingerprint density at radius 2 is 1.77 bits per heavy atom. The maximum Gasteiger partial charge on any atom is 0.261 e. The summed E-state index contributed by atoms with van der Waals surface area (Å²) < 4.78 is 5.67. The molecular formula is C24H29ClN2O3. The summed E-state index contributed by atoms with van der Waals surface area (Å²) in [5, 5.41) is 3.75. The summed E-state index contributed by atoms with van der Waals surface area (Å²) in [6.07, 6.45) is 4.84. The van der Waals surface area contributed by atoms with Crippen molar-refractivity contribution in [1.82, 2.24) is 10.2 Å². The van der Waals surface area contributed by atoms with Gasteiger partial charge < -0.3 is 15.0 Å². The summed E-state index contributed by atoms with van der Waals surface area (Å²) in [4.78, 5) is 27.8. The van der Waals surface area contributed by atoms with Gasteiger partial charge in [-0.05, 0) is 49.1 Å². The molecule has 1 aliphatic rings. The van der Waals surface area contributed by atoms with Gasteiger partial charge in [-0.3, -0.25) is 9.59 Å². The summed E-state index contributed by atoms with van der Waals surface area (Å²) in [7, 11) is 0. The minimum Gasteiger partial charge on any atom is -0.484 e. The van der Waals surface area contributed by atoms with Crippen molar-refractivity contribution in [2.24, 2.45) is 0 Å². The van der Waals surface area contributed by atoms with E-state index in [4.69, 9.17) is 16.3 Å². The second-order valence-electron chi connectivity index (χ2n) is 7.66. The Morgan fingerprint density at radius 3 is 2.40 bits per heavy atom. The lowest BCUT2D eigenvalue weighted by Crippen LogP contribution is -2.52. The van der Waals surface area contributed by atoms with Crippen LogP contribution >= 0.6 is 11.6 Å². The van der Waals surface area contributed by atoms with E-state index >= 15 is 0 Å². The largest absolute Gasteiger partial charge is 0.484 e. The first-order valence-corrected chi connectivity index (χ1v) is 11.0. The van der Waals surface area contributed by atoms with E-state index in [2.05, 4.69) is 5.32 Å². The zero-order valence-corrected chi connectivity index (χ0v) is 18.1. The maximum atomic E-state index is 13.1. The number of nitrogens with zero attached hydrogens (tertiary/aromatic N) is 1. The Bertz CT molecular complexity index is 820. The van der Waals surface area contributed by atoms with Crippen molar-refractivity contribution >= 4 is 23.4 Å². The summed E-state index contributed by atoms with van der Waals surface area (Å²) in [6, 6.07) is 16.3. The van der Waals surface area contributed by atoms with Gasteiger partial charge in [-0.25, -0.2) is 0 Å². The SMILES string of the molecule is CCC(C(=O)NC1CCCC1)N(Cc1ccccc1)C(=O)COc1ccc(Cl)cc1. The molecule has 0 aromatic heterocycles. The van der Waals surface area contributed by atoms with Crippen LogP contribution in [-0.2, 0) is 16.1 Å². The van der Waals surface area contributed by atoms with Crippen LogP contribution in [0.15, 0.2) is 54.6 Å². The third-order valence-corrected chi connectivity index (χ3v) is 5.71. The van der Waals surface area contributed by atoms with E-state index < -0.39 is 6.04 Å². The summed E-state index contributed by atoms with van der Waals surface area (Å²) in [6.45, 7) is 2.16. The second kappa shape index (κ2) is 11.0. The monoisotopic (exact) mass is 428 g/mol. The number of amides is 2. The van der Waals surface area contributed by atoms with Crippen LogP contribution in [0.3, 0.4) is 0 Å². The van der Waals surface area contributed by atoms with E-state index in [-0.39, 0.29) is 24.5 Å². The molecule has 0 bridgehead atoms. The highest BCUT2D eigenvalue weighted by Gasteiger charge is 2.30. The van der Waals surface area contributed by atoms with E-state index in [1.54, 1.807) is 29.2 Å². The van der Waals surface area contributed by atoms with E-state index in [9.17, 15) is 9.59 Å². The van der Waals surface area contributed by atoms with Gasteiger partial charge in [-0.15, -0.1) is 0 Å². The van der Waals surface area contributed by atoms with E-state index in [1.165, 1.54) is 0 Å². The molecule has 1 N–H and O–H groups in total. The van der Waals surface area contributed by atoms with Crippen LogP contribution in [0.1, 0.15) is 44.6 Å². The van der Waals surface area contributed by atoms with Crippen LogP contribution in [0.5, 0.6) is 5.75 Å². The van der Waals surface area contributed by atoms with Crippen molar-refractivity contribution in [3.63, 3.8) is 0 Å². The summed E-state index contributed by atoms with van der Waals surface area (Å²) in [5.41, 5.74) is 0.976. The van der Waals surface area contributed by atoms with Crippen molar-refractivity contribution in [2.75, 3.05) is 6.61 Å². The minimum absolute atomic E-state index is 0.0832. The van der Waals surface area contributed by atoms with Crippen LogP contribution in [0.2, 0.25) is 5.02 Å². The third kappa shape index (κ3) is 6.23. The first kappa shape index (κ1) is 22.2. The van der Waals surface area contributed by atoms with Gasteiger partial charge >= 0.3 is 0 Å². The van der Waals surface area contributed by atoms with Gasteiger partial charge in [0.1, 0.15) is 11.8 Å². The third-order valence-electron chi connectivity index (χ3n) is 5.46. The Labute approximate surface area is 183 Å². The van der Waals surface area contributed by atoms with Gasteiger partial charge in [0.2, 0.25) is 5.91 Å². The number of hydrogen-bond acceptors (Lipinski definition) is 3.